The monoisotopic (exact) mass is 369 g/mol. The summed E-state index contributed by atoms with van der Waals surface area (Å²) in [5, 5.41) is 3.31. The number of amides is 1. The first-order chi connectivity index (χ1) is 7.68. The average Bonchev–Trinajstić information content (AvgIpc) is 2.75. The van der Waals surface area contributed by atoms with Gasteiger partial charge in [-0.05, 0) is 54.6 Å². The number of carbonyl (C=O) groups excluding carboxylic acids is 1. The molecular weight excluding hydrogens is 352 g/mol. The molecule has 0 atom stereocenters. The Bertz CT molecular complexity index is 377. The summed E-state index contributed by atoms with van der Waals surface area (Å²) in [6.07, 6.45) is 3.93. The molecule has 0 aromatic carbocycles. The first kappa shape index (κ1) is 14.8. The normalized spacial score (nSPS) is 16.4. The van der Waals surface area contributed by atoms with E-state index >= 15 is 0 Å². The number of piperidine rings is 1. The van der Waals surface area contributed by atoms with Gasteiger partial charge >= 0.3 is 0 Å². The summed E-state index contributed by atoms with van der Waals surface area (Å²) in [5.41, 5.74) is 0.686. The van der Waals surface area contributed by atoms with Gasteiger partial charge in [-0.1, -0.05) is 0 Å². The van der Waals surface area contributed by atoms with Crippen LogP contribution in [0.15, 0.2) is 12.3 Å². The highest BCUT2D eigenvalue weighted by Crippen LogP contribution is 2.14. The molecule has 96 valence electrons. The van der Waals surface area contributed by atoms with E-state index in [0.29, 0.717) is 11.7 Å². The van der Waals surface area contributed by atoms with Crippen LogP contribution in [-0.2, 0) is 0 Å². The number of hydrogen-bond acceptors (Lipinski definition) is 2. The lowest BCUT2D eigenvalue weighted by Crippen LogP contribution is -2.44. The molecule has 1 aromatic rings. The molecule has 1 aromatic heterocycles. The quantitative estimate of drug-likeness (QED) is 0.782. The predicted molar refractivity (Wildman–Crippen MR) is 78.7 cm³/mol. The highest BCUT2D eigenvalue weighted by molar-refractivity contribution is 14.1. The van der Waals surface area contributed by atoms with Crippen LogP contribution >= 0.6 is 35.0 Å². The molecule has 17 heavy (non-hydrogen) atoms. The summed E-state index contributed by atoms with van der Waals surface area (Å²) in [4.78, 5) is 17.0. The van der Waals surface area contributed by atoms with E-state index in [-0.39, 0.29) is 18.3 Å². The van der Waals surface area contributed by atoms with E-state index in [1.807, 2.05) is 24.2 Å². The lowest BCUT2D eigenvalue weighted by Gasteiger charge is -2.31. The smallest absolute Gasteiger partial charge is 0.270 e. The molecule has 4 nitrogen and oxygen atoms in total. The van der Waals surface area contributed by atoms with E-state index in [4.69, 9.17) is 0 Å². The molecule has 0 radical (unpaired) electrons. The third kappa shape index (κ3) is 3.59. The zero-order valence-corrected chi connectivity index (χ0v) is 12.7. The second kappa shape index (κ2) is 6.61. The third-order valence-electron chi connectivity index (χ3n) is 3.05. The van der Waals surface area contributed by atoms with Gasteiger partial charge in [0.25, 0.3) is 5.91 Å². The minimum absolute atomic E-state index is 0. The van der Waals surface area contributed by atoms with Crippen LogP contribution in [0.1, 0.15) is 23.3 Å². The van der Waals surface area contributed by atoms with Gasteiger partial charge in [0.15, 0.2) is 0 Å². The van der Waals surface area contributed by atoms with Crippen LogP contribution < -0.4 is 5.32 Å². The summed E-state index contributed by atoms with van der Waals surface area (Å²) in [6, 6.07) is 2.26. The molecule has 0 bridgehead atoms. The summed E-state index contributed by atoms with van der Waals surface area (Å²) in [6.45, 7) is 2.01. The van der Waals surface area contributed by atoms with Crippen molar-refractivity contribution in [3.63, 3.8) is 0 Å². The third-order valence-corrected chi connectivity index (χ3v) is 3.68. The number of halogens is 2. The molecule has 1 saturated heterocycles. The Morgan fingerprint density at radius 1 is 1.47 bits per heavy atom. The van der Waals surface area contributed by atoms with Gasteiger partial charge in [0, 0.05) is 22.9 Å². The van der Waals surface area contributed by atoms with E-state index in [0.717, 1.165) is 29.5 Å². The van der Waals surface area contributed by atoms with Gasteiger partial charge in [0.2, 0.25) is 0 Å². The standard InChI is InChI=1S/C11H16IN3O.ClH/c1-15(9-2-4-13-5-3-9)11(16)10-6-8(12)7-14-10;/h6-7,9,13-14H,2-5H2,1H3;1H. The zero-order chi connectivity index (χ0) is 11.5. The molecule has 0 aliphatic carbocycles. The molecule has 2 rings (SSSR count). The Morgan fingerprint density at radius 3 is 2.65 bits per heavy atom. The Hall–Kier alpha value is -0.270. The highest BCUT2D eigenvalue weighted by Gasteiger charge is 2.23. The van der Waals surface area contributed by atoms with E-state index in [2.05, 4.69) is 32.9 Å². The molecule has 0 spiro atoms. The maximum Gasteiger partial charge on any atom is 0.270 e. The van der Waals surface area contributed by atoms with Crippen molar-refractivity contribution in [1.82, 2.24) is 15.2 Å². The summed E-state index contributed by atoms with van der Waals surface area (Å²) in [5.74, 6) is 0.0924. The van der Waals surface area contributed by atoms with Gasteiger partial charge in [0.1, 0.15) is 5.69 Å². The minimum Gasteiger partial charge on any atom is -0.356 e. The topological polar surface area (TPSA) is 48.1 Å². The zero-order valence-electron chi connectivity index (χ0n) is 9.70. The first-order valence-electron chi connectivity index (χ1n) is 5.50. The number of hydrogen-bond donors (Lipinski definition) is 2. The number of nitrogens with one attached hydrogen (secondary N) is 2. The summed E-state index contributed by atoms with van der Waals surface area (Å²) < 4.78 is 1.07. The van der Waals surface area contributed by atoms with Crippen LogP contribution in [0.5, 0.6) is 0 Å². The molecule has 1 fully saturated rings. The fourth-order valence-electron chi connectivity index (χ4n) is 2.04. The largest absolute Gasteiger partial charge is 0.356 e. The van der Waals surface area contributed by atoms with E-state index in [1.165, 1.54) is 0 Å². The van der Waals surface area contributed by atoms with Crippen molar-refractivity contribution in [3.8, 4) is 0 Å². The highest BCUT2D eigenvalue weighted by atomic mass is 127. The van der Waals surface area contributed by atoms with Crippen LogP contribution in [-0.4, -0.2) is 42.0 Å². The van der Waals surface area contributed by atoms with Gasteiger partial charge < -0.3 is 15.2 Å². The SMILES string of the molecule is CN(C(=O)c1cc(I)c[nH]1)C1CCNCC1.Cl. The van der Waals surface area contributed by atoms with Gasteiger partial charge in [-0.25, -0.2) is 0 Å². The van der Waals surface area contributed by atoms with Crippen LogP contribution in [0.4, 0.5) is 0 Å². The van der Waals surface area contributed by atoms with E-state index in [1.54, 1.807) is 0 Å². The van der Waals surface area contributed by atoms with Gasteiger partial charge in [-0.15, -0.1) is 12.4 Å². The van der Waals surface area contributed by atoms with Crippen LogP contribution in [0.2, 0.25) is 0 Å². The van der Waals surface area contributed by atoms with Gasteiger partial charge in [0.05, 0.1) is 0 Å². The Labute approximate surface area is 121 Å². The van der Waals surface area contributed by atoms with E-state index in [9.17, 15) is 4.79 Å². The average molecular weight is 370 g/mol. The summed E-state index contributed by atoms with van der Waals surface area (Å²) >= 11 is 2.20. The molecule has 0 saturated carbocycles. The number of nitrogens with zero attached hydrogens (tertiary/aromatic N) is 1. The van der Waals surface area contributed by atoms with Crippen molar-refractivity contribution < 1.29 is 4.79 Å². The second-order valence-electron chi connectivity index (χ2n) is 4.13. The summed E-state index contributed by atoms with van der Waals surface area (Å²) in [7, 11) is 1.89. The molecule has 2 heterocycles. The van der Waals surface area contributed by atoms with Crippen LogP contribution in [0.25, 0.3) is 0 Å². The van der Waals surface area contributed by atoms with Gasteiger partial charge in [-0.3, -0.25) is 4.79 Å². The van der Waals surface area contributed by atoms with Crippen LogP contribution in [0, 0.1) is 3.57 Å². The molecular formula is C11H17ClIN3O. The van der Waals surface area contributed by atoms with Gasteiger partial charge in [-0.2, -0.15) is 0 Å². The fraction of sp³-hybridized carbons (Fsp3) is 0.545. The molecule has 0 unspecified atom stereocenters. The van der Waals surface area contributed by atoms with Crippen molar-refractivity contribution in [1.29, 1.82) is 0 Å². The minimum atomic E-state index is 0. The second-order valence-corrected chi connectivity index (χ2v) is 5.37. The molecule has 1 aliphatic heterocycles. The Kier molecular flexibility index (Phi) is 5.75. The maximum atomic E-state index is 12.1. The molecule has 2 N–H and O–H groups in total. The number of aromatic amines is 1. The van der Waals surface area contributed by atoms with Crippen molar-refractivity contribution in [2.45, 2.75) is 18.9 Å². The van der Waals surface area contributed by atoms with Crippen molar-refractivity contribution >= 4 is 40.9 Å². The first-order valence-corrected chi connectivity index (χ1v) is 6.58. The molecule has 6 heteroatoms. The van der Waals surface area contributed by atoms with Crippen LogP contribution in [0.3, 0.4) is 0 Å². The fourth-order valence-corrected chi connectivity index (χ4v) is 2.51. The number of aromatic nitrogens is 1. The van der Waals surface area contributed by atoms with Crippen molar-refractivity contribution in [2.24, 2.45) is 0 Å². The van der Waals surface area contributed by atoms with Crippen molar-refractivity contribution in [2.75, 3.05) is 20.1 Å². The Balaban J connectivity index is 0.00000144. The molecule has 1 amide bonds. The number of rotatable bonds is 2. The van der Waals surface area contributed by atoms with Crippen molar-refractivity contribution in [3.05, 3.63) is 21.5 Å². The lowest BCUT2D eigenvalue weighted by atomic mass is 10.1. The molecule has 1 aliphatic rings. The number of H-pyrrole nitrogens is 1. The lowest BCUT2D eigenvalue weighted by molar-refractivity contribution is 0.0698. The predicted octanol–water partition coefficient (Wildman–Crippen LogP) is 1.87. The Morgan fingerprint density at radius 2 is 2.12 bits per heavy atom. The number of carbonyl (C=O) groups is 1. The maximum absolute atomic E-state index is 12.1. The van der Waals surface area contributed by atoms with E-state index < -0.39 is 0 Å².